The van der Waals surface area contributed by atoms with E-state index in [9.17, 15) is 9.59 Å². The molecule has 0 saturated heterocycles. The average Bonchev–Trinajstić information content (AvgIpc) is 2.47. The van der Waals surface area contributed by atoms with Crippen molar-refractivity contribution in [3.63, 3.8) is 0 Å². The SMILES string of the molecule is O=C(O)Cc1cnc2ccc(=O)[nH]n12. The van der Waals surface area contributed by atoms with Crippen LogP contribution in [-0.4, -0.2) is 25.7 Å². The Morgan fingerprint density at radius 3 is 3.07 bits per heavy atom. The number of rotatable bonds is 2. The third-order valence-corrected chi connectivity index (χ3v) is 1.80. The second kappa shape index (κ2) is 2.99. The molecule has 2 rings (SSSR count). The number of hydrogen-bond donors (Lipinski definition) is 2. The molecule has 0 fully saturated rings. The second-order valence-corrected chi connectivity index (χ2v) is 2.82. The number of H-pyrrole nitrogens is 1. The van der Waals surface area contributed by atoms with Gasteiger partial charge in [0.05, 0.1) is 18.3 Å². The van der Waals surface area contributed by atoms with Crippen molar-refractivity contribution in [1.82, 2.24) is 14.6 Å². The number of nitrogens with zero attached hydrogens (tertiary/aromatic N) is 2. The molecule has 2 aromatic rings. The molecule has 14 heavy (non-hydrogen) atoms. The van der Waals surface area contributed by atoms with E-state index >= 15 is 0 Å². The molecule has 6 nitrogen and oxygen atoms in total. The van der Waals surface area contributed by atoms with Crippen LogP contribution in [0.15, 0.2) is 23.1 Å². The van der Waals surface area contributed by atoms with Crippen LogP contribution in [-0.2, 0) is 11.2 Å². The largest absolute Gasteiger partial charge is 0.481 e. The van der Waals surface area contributed by atoms with Gasteiger partial charge in [0.25, 0.3) is 5.56 Å². The second-order valence-electron chi connectivity index (χ2n) is 2.82. The van der Waals surface area contributed by atoms with E-state index < -0.39 is 5.97 Å². The van der Waals surface area contributed by atoms with E-state index in [0.717, 1.165) is 0 Å². The monoisotopic (exact) mass is 193 g/mol. The number of imidazole rings is 1. The molecule has 0 bridgehead atoms. The lowest BCUT2D eigenvalue weighted by atomic mass is 10.3. The van der Waals surface area contributed by atoms with Crippen LogP contribution in [0, 0.1) is 0 Å². The van der Waals surface area contributed by atoms with Gasteiger partial charge in [-0.25, -0.2) is 9.50 Å². The molecule has 2 heterocycles. The van der Waals surface area contributed by atoms with Crippen molar-refractivity contribution in [3.05, 3.63) is 34.4 Å². The third-order valence-electron chi connectivity index (χ3n) is 1.80. The molecule has 0 atom stereocenters. The zero-order chi connectivity index (χ0) is 10.1. The number of hydrogen-bond acceptors (Lipinski definition) is 3. The predicted octanol–water partition coefficient (Wildman–Crippen LogP) is -0.350. The summed E-state index contributed by atoms with van der Waals surface area (Å²) >= 11 is 0. The summed E-state index contributed by atoms with van der Waals surface area (Å²) in [6.07, 6.45) is 1.26. The number of fused-ring (bicyclic) bond motifs is 1. The third kappa shape index (κ3) is 1.37. The summed E-state index contributed by atoms with van der Waals surface area (Å²) in [5.74, 6) is -0.962. The van der Waals surface area contributed by atoms with Crippen LogP contribution in [0.3, 0.4) is 0 Å². The van der Waals surface area contributed by atoms with Crippen molar-refractivity contribution in [2.24, 2.45) is 0 Å². The van der Waals surface area contributed by atoms with E-state index in [-0.39, 0.29) is 12.0 Å². The molecule has 0 spiro atoms. The highest BCUT2D eigenvalue weighted by Crippen LogP contribution is 2.02. The van der Waals surface area contributed by atoms with Gasteiger partial charge in [-0.3, -0.25) is 14.7 Å². The van der Waals surface area contributed by atoms with E-state index in [1.54, 1.807) is 0 Å². The van der Waals surface area contributed by atoms with Crippen LogP contribution in [0.25, 0.3) is 5.65 Å². The van der Waals surface area contributed by atoms with Crippen LogP contribution in [0.4, 0.5) is 0 Å². The minimum absolute atomic E-state index is 0.166. The predicted molar refractivity (Wildman–Crippen MR) is 47.2 cm³/mol. The normalized spacial score (nSPS) is 10.6. The maximum atomic E-state index is 11.0. The molecule has 2 N–H and O–H groups in total. The first-order valence-corrected chi connectivity index (χ1v) is 3.94. The summed E-state index contributed by atoms with van der Waals surface area (Å²) in [7, 11) is 0. The Hall–Kier alpha value is -2.11. The zero-order valence-corrected chi connectivity index (χ0v) is 7.10. The van der Waals surface area contributed by atoms with Gasteiger partial charge in [-0.05, 0) is 6.07 Å². The Kier molecular flexibility index (Phi) is 1.81. The minimum atomic E-state index is -0.962. The summed E-state index contributed by atoms with van der Waals surface area (Å²) in [5, 5.41) is 11.1. The van der Waals surface area contributed by atoms with Gasteiger partial charge < -0.3 is 5.11 Å². The first-order chi connectivity index (χ1) is 6.66. The molecule has 0 unspecified atom stereocenters. The lowest BCUT2D eigenvalue weighted by Crippen LogP contribution is -2.12. The first-order valence-electron chi connectivity index (χ1n) is 3.94. The highest BCUT2D eigenvalue weighted by atomic mass is 16.4. The van der Waals surface area contributed by atoms with Gasteiger partial charge in [-0.15, -0.1) is 0 Å². The van der Waals surface area contributed by atoms with Crippen molar-refractivity contribution >= 4 is 11.6 Å². The van der Waals surface area contributed by atoms with Crippen LogP contribution in [0.2, 0.25) is 0 Å². The fourth-order valence-corrected chi connectivity index (χ4v) is 1.23. The van der Waals surface area contributed by atoms with Crippen LogP contribution in [0.1, 0.15) is 5.69 Å². The Bertz CT molecular complexity index is 540. The van der Waals surface area contributed by atoms with Crippen molar-refractivity contribution in [2.45, 2.75) is 6.42 Å². The van der Waals surface area contributed by atoms with E-state index in [2.05, 4.69) is 10.1 Å². The highest BCUT2D eigenvalue weighted by molar-refractivity contribution is 5.69. The lowest BCUT2D eigenvalue weighted by molar-refractivity contribution is -0.136. The average molecular weight is 193 g/mol. The molecule has 0 aliphatic heterocycles. The van der Waals surface area contributed by atoms with Crippen LogP contribution < -0.4 is 5.56 Å². The topological polar surface area (TPSA) is 87.5 Å². The highest BCUT2D eigenvalue weighted by Gasteiger charge is 2.07. The molecule has 6 heteroatoms. The Balaban J connectivity index is 2.61. The Labute approximate surface area is 77.8 Å². The lowest BCUT2D eigenvalue weighted by Gasteiger charge is -1.96. The molecule has 0 amide bonds. The van der Waals surface area contributed by atoms with E-state index in [1.165, 1.54) is 22.8 Å². The number of aliphatic carboxylic acids is 1. The van der Waals surface area contributed by atoms with Crippen LogP contribution >= 0.6 is 0 Å². The first kappa shape index (κ1) is 8.49. The number of aromatic amines is 1. The number of carbonyl (C=O) groups is 1. The van der Waals surface area contributed by atoms with E-state index in [0.29, 0.717) is 11.3 Å². The summed E-state index contributed by atoms with van der Waals surface area (Å²) < 4.78 is 1.37. The Morgan fingerprint density at radius 1 is 1.57 bits per heavy atom. The van der Waals surface area contributed by atoms with E-state index in [4.69, 9.17) is 5.11 Å². The fraction of sp³-hybridized carbons (Fsp3) is 0.125. The van der Waals surface area contributed by atoms with Gasteiger partial charge in [0.2, 0.25) is 0 Å². The molecule has 0 aromatic carbocycles. The van der Waals surface area contributed by atoms with Gasteiger partial charge in [-0.1, -0.05) is 0 Å². The van der Waals surface area contributed by atoms with Gasteiger partial charge in [-0.2, -0.15) is 0 Å². The minimum Gasteiger partial charge on any atom is -0.481 e. The Morgan fingerprint density at radius 2 is 2.36 bits per heavy atom. The molecule has 0 saturated carbocycles. The zero-order valence-electron chi connectivity index (χ0n) is 7.10. The van der Waals surface area contributed by atoms with Crippen molar-refractivity contribution in [3.8, 4) is 0 Å². The van der Waals surface area contributed by atoms with Crippen molar-refractivity contribution < 1.29 is 9.90 Å². The summed E-state index contributed by atoms with van der Waals surface area (Å²) in [5.41, 5.74) is 0.688. The van der Waals surface area contributed by atoms with Crippen LogP contribution in [0.5, 0.6) is 0 Å². The molecule has 0 aliphatic rings. The summed E-state index contributed by atoms with van der Waals surface area (Å²) in [6.45, 7) is 0. The van der Waals surface area contributed by atoms with Gasteiger partial charge >= 0.3 is 5.97 Å². The fourth-order valence-electron chi connectivity index (χ4n) is 1.23. The molecule has 0 radical (unpaired) electrons. The summed E-state index contributed by atoms with van der Waals surface area (Å²) in [4.78, 5) is 25.4. The molecule has 2 aromatic heterocycles. The maximum absolute atomic E-state index is 11.0. The molecule has 72 valence electrons. The maximum Gasteiger partial charge on any atom is 0.309 e. The number of nitrogens with one attached hydrogen (secondary N) is 1. The number of carboxylic acids is 1. The quantitative estimate of drug-likeness (QED) is 0.682. The standard InChI is InChI=1S/C8H7N3O3/c12-7-2-1-6-9-4-5(3-8(13)14)11(6)10-7/h1-2,4H,3H2,(H,10,12)(H,13,14). The van der Waals surface area contributed by atoms with E-state index in [1.807, 2.05) is 0 Å². The molecular formula is C8H7N3O3. The van der Waals surface area contributed by atoms with Crippen molar-refractivity contribution in [2.75, 3.05) is 0 Å². The number of carboxylic acid groups (broad SMARTS) is 1. The smallest absolute Gasteiger partial charge is 0.309 e. The molecule has 0 aliphatic carbocycles. The van der Waals surface area contributed by atoms with Gasteiger partial charge in [0.1, 0.15) is 0 Å². The van der Waals surface area contributed by atoms with Gasteiger partial charge in [0, 0.05) is 6.07 Å². The number of aromatic nitrogens is 3. The van der Waals surface area contributed by atoms with Gasteiger partial charge in [0.15, 0.2) is 5.65 Å². The molecular weight excluding hydrogens is 186 g/mol. The van der Waals surface area contributed by atoms with Crippen molar-refractivity contribution in [1.29, 1.82) is 0 Å². The summed E-state index contributed by atoms with van der Waals surface area (Å²) in [6, 6.07) is 2.87.